The van der Waals surface area contributed by atoms with E-state index < -0.39 is 0 Å². The van der Waals surface area contributed by atoms with Crippen LogP contribution in [0.3, 0.4) is 0 Å². The average molecular weight is 277 g/mol. The second kappa shape index (κ2) is 6.29. The predicted molar refractivity (Wildman–Crippen MR) is 76.5 cm³/mol. The molecule has 6 heteroatoms. The van der Waals surface area contributed by atoms with Gasteiger partial charge in [-0.15, -0.1) is 11.3 Å². The van der Waals surface area contributed by atoms with E-state index in [1.54, 1.807) is 18.3 Å². The molecule has 0 saturated heterocycles. The predicted octanol–water partition coefficient (Wildman–Crippen LogP) is 4.00. The van der Waals surface area contributed by atoms with Crippen LogP contribution in [0.15, 0.2) is 35.8 Å². The van der Waals surface area contributed by atoms with E-state index in [1.807, 2.05) is 11.4 Å². The van der Waals surface area contributed by atoms with E-state index in [0.717, 1.165) is 23.5 Å². The van der Waals surface area contributed by atoms with Crippen molar-refractivity contribution in [1.29, 1.82) is 0 Å². The van der Waals surface area contributed by atoms with Gasteiger partial charge in [-0.1, -0.05) is 25.5 Å². The van der Waals surface area contributed by atoms with Crippen molar-refractivity contribution in [1.82, 2.24) is 4.98 Å². The summed E-state index contributed by atoms with van der Waals surface area (Å²) in [6.07, 6.45) is 3.63. The number of thiazole rings is 1. The lowest BCUT2D eigenvalue weighted by atomic mass is 10.0. The van der Waals surface area contributed by atoms with Crippen molar-refractivity contribution in [3.05, 3.63) is 51.5 Å². The van der Waals surface area contributed by atoms with Crippen LogP contribution in [0.4, 0.5) is 10.8 Å². The molecule has 0 aliphatic rings. The molecular weight excluding hydrogens is 262 g/mol. The third-order valence-corrected chi connectivity index (χ3v) is 3.50. The summed E-state index contributed by atoms with van der Waals surface area (Å²) in [5.74, 6) is 0. The van der Waals surface area contributed by atoms with E-state index in [0.29, 0.717) is 0 Å². The zero-order valence-electron chi connectivity index (χ0n) is 10.6. The highest BCUT2D eigenvalue weighted by Gasteiger charge is 2.15. The van der Waals surface area contributed by atoms with Crippen molar-refractivity contribution in [2.75, 3.05) is 5.32 Å². The van der Waals surface area contributed by atoms with Gasteiger partial charge in [-0.05, 0) is 12.0 Å². The van der Waals surface area contributed by atoms with Crippen LogP contribution in [0.1, 0.15) is 31.4 Å². The standard InChI is InChI=1S/C13H15N3O2S/c1-2-4-12(15-13-14-7-8-19-13)10-5-3-6-11(9-10)16(17)18/h3,5-9,12H,2,4H2,1H3,(H,14,15). The summed E-state index contributed by atoms with van der Waals surface area (Å²) in [7, 11) is 0. The smallest absolute Gasteiger partial charge is 0.269 e. The SMILES string of the molecule is CCCC(Nc1nccs1)c1cccc([N+](=O)[O-])c1. The molecule has 0 aliphatic carbocycles. The van der Waals surface area contributed by atoms with Gasteiger partial charge in [-0.2, -0.15) is 0 Å². The second-order valence-electron chi connectivity index (χ2n) is 4.17. The average Bonchev–Trinajstić information content (AvgIpc) is 2.91. The molecule has 1 unspecified atom stereocenters. The first kappa shape index (κ1) is 13.5. The Labute approximate surface area is 115 Å². The molecule has 1 aromatic heterocycles. The Morgan fingerprint density at radius 1 is 1.53 bits per heavy atom. The van der Waals surface area contributed by atoms with Gasteiger partial charge in [-0.25, -0.2) is 4.98 Å². The van der Waals surface area contributed by atoms with Crippen LogP contribution in [0.2, 0.25) is 0 Å². The molecule has 1 atom stereocenters. The minimum absolute atomic E-state index is 0.0519. The molecule has 0 fully saturated rings. The lowest BCUT2D eigenvalue weighted by molar-refractivity contribution is -0.384. The molecule has 5 nitrogen and oxygen atoms in total. The Kier molecular flexibility index (Phi) is 4.46. The van der Waals surface area contributed by atoms with Crippen molar-refractivity contribution < 1.29 is 4.92 Å². The summed E-state index contributed by atoms with van der Waals surface area (Å²) in [6.45, 7) is 2.09. The highest BCUT2D eigenvalue weighted by molar-refractivity contribution is 7.13. The van der Waals surface area contributed by atoms with Crippen LogP contribution < -0.4 is 5.32 Å². The molecule has 1 N–H and O–H groups in total. The first-order valence-electron chi connectivity index (χ1n) is 6.11. The molecule has 1 aromatic carbocycles. The maximum atomic E-state index is 10.8. The lowest BCUT2D eigenvalue weighted by Gasteiger charge is -2.17. The molecule has 19 heavy (non-hydrogen) atoms. The molecule has 2 aromatic rings. The van der Waals surface area contributed by atoms with Gasteiger partial charge in [0.1, 0.15) is 0 Å². The van der Waals surface area contributed by atoms with Crippen LogP contribution in [0, 0.1) is 10.1 Å². The summed E-state index contributed by atoms with van der Waals surface area (Å²) < 4.78 is 0. The zero-order valence-corrected chi connectivity index (χ0v) is 11.4. The highest BCUT2D eigenvalue weighted by atomic mass is 32.1. The van der Waals surface area contributed by atoms with E-state index >= 15 is 0 Å². The number of nitrogens with zero attached hydrogens (tertiary/aromatic N) is 2. The Balaban J connectivity index is 2.22. The number of benzene rings is 1. The van der Waals surface area contributed by atoms with E-state index in [9.17, 15) is 10.1 Å². The van der Waals surface area contributed by atoms with Gasteiger partial charge in [0.05, 0.1) is 11.0 Å². The van der Waals surface area contributed by atoms with Crippen molar-refractivity contribution in [2.45, 2.75) is 25.8 Å². The van der Waals surface area contributed by atoms with Crippen LogP contribution in [0.25, 0.3) is 0 Å². The molecule has 0 spiro atoms. The number of non-ortho nitro benzene ring substituents is 1. The minimum atomic E-state index is -0.365. The van der Waals surface area contributed by atoms with E-state index in [2.05, 4.69) is 17.2 Å². The van der Waals surface area contributed by atoms with Crippen molar-refractivity contribution in [3.8, 4) is 0 Å². The van der Waals surface area contributed by atoms with Crippen LogP contribution in [-0.2, 0) is 0 Å². The maximum absolute atomic E-state index is 10.8. The van der Waals surface area contributed by atoms with E-state index in [1.165, 1.54) is 17.4 Å². The third-order valence-electron chi connectivity index (χ3n) is 2.79. The largest absolute Gasteiger partial charge is 0.355 e. The topological polar surface area (TPSA) is 68.1 Å². The first-order chi connectivity index (χ1) is 9.20. The number of anilines is 1. The van der Waals surface area contributed by atoms with Gasteiger partial charge in [0.25, 0.3) is 5.69 Å². The fraction of sp³-hybridized carbons (Fsp3) is 0.308. The number of nitrogens with one attached hydrogen (secondary N) is 1. The fourth-order valence-corrected chi connectivity index (χ4v) is 2.49. The van der Waals surface area contributed by atoms with Crippen molar-refractivity contribution >= 4 is 22.2 Å². The Morgan fingerprint density at radius 2 is 2.37 bits per heavy atom. The zero-order chi connectivity index (χ0) is 13.7. The molecule has 0 saturated carbocycles. The molecule has 0 bridgehead atoms. The van der Waals surface area contributed by atoms with Crippen molar-refractivity contribution in [2.24, 2.45) is 0 Å². The number of nitro groups is 1. The molecule has 1 heterocycles. The molecular formula is C13H15N3O2S. The number of hydrogen-bond donors (Lipinski definition) is 1. The summed E-state index contributed by atoms with van der Waals surface area (Å²) in [5, 5.41) is 16.9. The van der Waals surface area contributed by atoms with Gasteiger partial charge in [0.15, 0.2) is 5.13 Å². The summed E-state index contributed by atoms with van der Waals surface area (Å²) in [6, 6.07) is 6.82. The third kappa shape index (κ3) is 3.51. The summed E-state index contributed by atoms with van der Waals surface area (Å²) in [4.78, 5) is 14.7. The second-order valence-corrected chi connectivity index (χ2v) is 5.07. The fourth-order valence-electron chi connectivity index (χ4n) is 1.91. The van der Waals surface area contributed by atoms with E-state index in [-0.39, 0.29) is 16.7 Å². The normalized spacial score (nSPS) is 12.1. The van der Waals surface area contributed by atoms with Crippen molar-refractivity contribution in [3.63, 3.8) is 0 Å². The van der Waals surface area contributed by atoms with Crippen LogP contribution in [0.5, 0.6) is 0 Å². The number of hydrogen-bond acceptors (Lipinski definition) is 5. The quantitative estimate of drug-likeness (QED) is 0.640. The van der Waals surface area contributed by atoms with Gasteiger partial charge in [0, 0.05) is 23.7 Å². The number of aromatic nitrogens is 1. The van der Waals surface area contributed by atoms with Gasteiger partial charge < -0.3 is 5.32 Å². The molecule has 100 valence electrons. The van der Waals surface area contributed by atoms with Gasteiger partial charge >= 0.3 is 0 Å². The minimum Gasteiger partial charge on any atom is -0.355 e. The summed E-state index contributed by atoms with van der Waals surface area (Å²) in [5.41, 5.74) is 1.05. The van der Waals surface area contributed by atoms with Crippen LogP contribution >= 0.6 is 11.3 Å². The van der Waals surface area contributed by atoms with Gasteiger partial charge in [0.2, 0.25) is 0 Å². The number of nitro benzene ring substituents is 1. The highest BCUT2D eigenvalue weighted by Crippen LogP contribution is 2.27. The Morgan fingerprint density at radius 3 is 3.00 bits per heavy atom. The van der Waals surface area contributed by atoms with E-state index in [4.69, 9.17) is 0 Å². The maximum Gasteiger partial charge on any atom is 0.269 e. The molecule has 0 aliphatic heterocycles. The lowest BCUT2D eigenvalue weighted by Crippen LogP contribution is -2.10. The monoisotopic (exact) mass is 277 g/mol. The van der Waals surface area contributed by atoms with Crippen LogP contribution in [-0.4, -0.2) is 9.91 Å². The summed E-state index contributed by atoms with van der Waals surface area (Å²) >= 11 is 1.53. The molecule has 2 rings (SSSR count). The Hall–Kier alpha value is -1.95. The molecule has 0 radical (unpaired) electrons. The first-order valence-corrected chi connectivity index (χ1v) is 6.99. The number of rotatable bonds is 6. The van der Waals surface area contributed by atoms with Gasteiger partial charge in [-0.3, -0.25) is 10.1 Å². The molecule has 0 amide bonds. The Bertz CT molecular complexity index is 543.